The van der Waals surface area contributed by atoms with Gasteiger partial charge in [0.25, 0.3) is 0 Å². The van der Waals surface area contributed by atoms with Gasteiger partial charge in [-0.15, -0.1) is 6.42 Å². The van der Waals surface area contributed by atoms with Crippen LogP contribution in [0.25, 0.3) is 0 Å². The lowest BCUT2D eigenvalue weighted by Gasteiger charge is -2.08. The lowest BCUT2D eigenvalue weighted by Crippen LogP contribution is -2.32. The zero-order valence-corrected chi connectivity index (χ0v) is 7.66. The first kappa shape index (κ1) is 11.9. The summed E-state index contributed by atoms with van der Waals surface area (Å²) in [6, 6.07) is -0.570. The Labute approximate surface area is 78.6 Å². The Balaban J connectivity index is 3.52. The molecule has 0 heterocycles. The summed E-state index contributed by atoms with van der Waals surface area (Å²) in [5.41, 5.74) is 10.8. The van der Waals surface area contributed by atoms with Gasteiger partial charge in [0.05, 0.1) is 0 Å². The normalized spacial score (nSPS) is 11.8. The number of esters is 1. The van der Waals surface area contributed by atoms with Gasteiger partial charge in [-0.3, -0.25) is 4.79 Å². The molecular weight excluding hydrogens is 168 g/mol. The van der Waals surface area contributed by atoms with Crippen molar-refractivity contribution in [2.45, 2.75) is 25.3 Å². The van der Waals surface area contributed by atoms with Crippen LogP contribution < -0.4 is 11.5 Å². The van der Waals surface area contributed by atoms with Crippen molar-refractivity contribution in [2.75, 3.05) is 13.2 Å². The zero-order valence-electron chi connectivity index (χ0n) is 7.66. The average molecular weight is 184 g/mol. The van der Waals surface area contributed by atoms with E-state index < -0.39 is 12.0 Å². The molecule has 0 amide bonds. The third kappa shape index (κ3) is 6.14. The fourth-order valence-electron chi connectivity index (χ4n) is 0.846. The molecule has 0 spiro atoms. The van der Waals surface area contributed by atoms with Gasteiger partial charge in [-0.2, -0.15) is 0 Å². The molecular formula is C9H16N2O2. The van der Waals surface area contributed by atoms with Crippen molar-refractivity contribution in [1.82, 2.24) is 0 Å². The number of rotatable bonds is 6. The Hall–Kier alpha value is -1.05. The minimum absolute atomic E-state index is 0.0105. The van der Waals surface area contributed by atoms with E-state index in [1.807, 2.05) is 0 Å². The predicted molar refractivity (Wildman–Crippen MR) is 50.7 cm³/mol. The summed E-state index contributed by atoms with van der Waals surface area (Å²) in [5, 5.41) is 0. The van der Waals surface area contributed by atoms with Crippen molar-refractivity contribution in [3.05, 3.63) is 0 Å². The molecule has 4 heteroatoms. The number of hydrogen-bond acceptors (Lipinski definition) is 4. The highest BCUT2D eigenvalue weighted by Crippen LogP contribution is 1.99. The molecule has 0 radical (unpaired) electrons. The van der Waals surface area contributed by atoms with E-state index >= 15 is 0 Å². The summed E-state index contributed by atoms with van der Waals surface area (Å²) in [4.78, 5) is 11.0. The largest absolute Gasteiger partial charge is 0.451 e. The van der Waals surface area contributed by atoms with Crippen molar-refractivity contribution in [1.29, 1.82) is 0 Å². The zero-order chi connectivity index (χ0) is 10.1. The van der Waals surface area contributed by atoms with E-state index in [1.54, 1.807) is 0 Å². The van der Waals surface area contributed by atoms with E-state index in [1.165, 1.54) is 0 Å². The Kier molecular flexibility index (Phi) is 6.98. The summed E-state index contributed by atoms with van der Waals surface area (Å²) in [5.74, 6) is 1.77. The number of carbonyl (C=O) groups is 1. The minimum atomic E-state index is -0.570. The molecule has 0 aliphatic heterocycles. The molecule has 1 atom stereocenters. The highest BCUT2D eigenvalue weighted by atomic mass is 16.5. The van der Waals surface area contributed by atoms with E-state index in [0.717, 1.165) is 12.8 Å². The van der Waals surface area contributed by atoms with E-state index in [9.17, 15) is 4.79 Å². The molecule has 4 nitrogen and oxygen atoms in total. The Morgan fingerprint density at radius 2 is 2.23 bits per heavy atom. The molecule has 4 N–H and O–H groups in total. The van der Waals surface area contributed by atoms with Crippen LogP contribution in [0.1, 0.15) is 19.3 Å². The average Bonchev–Trinajstić information content (AvgIpc) is 2.14. The van der Waals surface area contributed by atoms with Gasteiger partial charge in [0.15, 0.2) is 6.61 Å². The topological polar surface area (TPSA) is 78.3 Å². The second-order valence-corrected chi connectivity index (χ2v) is 2.70. The van der Waals surface area contributed by atoms with Gasteiger partial charge >= 0.3 is 5.97 Å². The first-order valence-corrected chi connectivity index (χ1v) is 4.28. The van der Waals surface area contributed by atoms with Crippen LogP contribution in [0.3, 0.4) is 0 Å². The summed E-state index contributed by atoms with van der Waals surface area (Å²) in [6.07, 6.45) is 7.22. The summed E-state index contributed by atoms with van der Waals surface area (Å²) < 4.78 is 4.65. The van der Waals surface area contributed by atoms with Gasteiger partial charge in [-0.1, -0.05) is 12.3 Å². The third-order valence-corrected chi connectivity index (χ3v) is 1.57. The van der Waals surface area contributed by atoms with Crippen LogP contribution in [0.5, 0.6) is 0 Å². The quantitative estimate of drug-likeness (QED) is 0.335. The Morgan fingerprint density at radius 1 is 1.54 bits per heavy atom. The highest BCUT2D eigenvalue weighted by molar-refractivity contribution is 5.75. The molecule has 0 saturated carbocycles. The van der Waals surface area contributed by atoms with Gasteiger partial charge < -0.3 is 16.2 Å². The molecule has 13 heavy (non-hydrogen) atoms. The fourth-order valence-corrected chi connectivity index (χ4v) is 0.846. The Bertz CT molecular complexity index is 187. The first-order chi connectivity index (χ1) is 6.22. The molecule has 0 aliphatic carbocycles. The first-order valence-electron chi connectivity index (χ1n) is 4.28. The second kappa shape index (κ2) is 7.59. The Morgan fingerprint density at radius 3 is 2.77 bits per heavy atom. The predicted octanol–water partition coefficient (Wildman–Crippen LogP) is -0.381. The van der Waals surface area contributed by atoms with Crippen LogP contribution in [-0.2, 0) is 9.53 Å². The molecule has 0 bridgehead atoms. The van der Waals surface area contributed by atoms with Crippen molar-refractivity contribution >= 4 is 5.97 Å². The summed E-state index contributed by atoms with van der Waals surface area (Å²) in [6.45, 7) is 0.607. The maximum atomic E-state index is 11.0. The molecule has 0 rings (SSSR count). The maximum absolute atomic E-state index is 11.0. The van der Waals surface area contributed by atoms with Crippen molar-refractivity contribution < 1.29 is 9.53 Å². The summed E-state index contributed by atoms with van der Waals surface area (Å²) in [7, 11) is 0. The smallest absolute Gasteiger partial charge is 0.323 e. The van der Waals surface area contributed by atoms with Crippen molar-refractivity contribution in [3.8, 4) is 12.3 Å². The number of ether oxygens (including phenoxy) is 1. The van der Waals surface area contributed by atoms with Crippen LogP contribution in [0, 0.1) is 12.3 Å². The van der Waals surface area contributed by atoms with E-state index in [-0.39, 0.29) is 6.61 Å². The molecule has 0 aromatic carbocycles. The van der Waals surface area contributed by atoms with Gasteiger partial charge in [-0.05, 0) is 19.4 Å². The second-order valence-electron chi connectivity index (χ2n) is 2.70. The molecule has 0 fully saturated rings. The van der Waals surface area contributed by atoms with Crippen molar-refractivity contribution in [3.63, 3.8) is 0 Å². The molecule has 0 aliphatic rings. The van der Waals surface area contributed by atoms with E-state index in [4.69, 9.17) is 17.9 Å². The SMILES string of the molecule is C#CCOC(=O)C(N)CCCCN. The monoisotopic (exact) mass is 184 g/mol. The van der Waals surface area contributed by atoms with Gasteiger partial charge in [0.1, 0.15) is 6.04 Å². The summed E-state index contributed by atoms with van der Waals surface area (Å²) >= 11 is 0. The van der Waals surface area contributed by atoms with Gasteiger partial charge in [0.2, 0.25) is 0 Å². The molecule has 74 valence electrons. The molecule has 0 aromatic heterocycles. The van der Waals surface area contributed by atoms with Crippen molar-refractivity contribution in [2.24, 2.45) is 11.5 Å². The molecule has 1 unspecified atom stereocenters. The highest BCUT2D eigenvalue weighted by Gasteiger charge is 2.13. The number of terminal acetylenes is 1. The number of hydrogen-bond donors (Lipinski definition) is 2. The maximum Gasteiger partial charge on any atom is 0.323 e. The number of nitrogens with two attached hydrogens (primary N) is 2. The number of unbranched alkanes of at least 4 members (excludes halogenated alkanes) is 1. The number of carbonyl (C=O) groups excluding carboxylic acids is 1. The molecule has 0 saturated heterocycles. The van der Waals surface area contributed by atoms with E-state index in [0.29, 0.717) is 13.0 Å². The van der Waals surface area contributed by atoms with Gasteiger partial charge in [-0.25, -0.2) is 0 Å². The lowest BCUT2D eigenvalue weighted by molar-refractivity contribution is -0.143. The molecule has 0 aromatic rings. The minimum Gasteiger partial charge on any atom is -0.451 e. The third-order valence-electron chi connectivity index (χ3n) is 1.57. The fraction of sp³-hybridized carbons (Fsp3) is 0.667. The lowest BCUT2D eigenvalue weighted by atomic mass is 10.1. The van der Waals surface area contributed by atoms with Crippen LogP contribution in [-0.4, -0.2) is 25.2 Å². The standard InChI is InChI=1S/C9H16N2O2/c1-2-7-13-9(12)8(11)5-3-4-6-10/h1,8H,3-7,10-11H2. The van der Waals surface area contributed by atoms with Gasteiger partial charge in [0, 0.05) is 0 Å². The van der Waals surface area contributed by atoms with Crippen LogP contribution in [0.4, 0.5) is 0 Å². The van der Waals surface area contributed by atoms with Crippen LogP contribution in [0.15, 0.2) is 0 Å². The van der Waals surface area contributed by atoms with Crippen LogP contribution >= 0.6 is 0 Å². The van der Waals surface area contributed by atoms with E-state index in [2.05, 4.69) is 10.7 Å². The van der Waals surface area contributed by atoms with Crippen LogP contribution in [0.2, 0.25) is 0 Å².